The summed E-state index contributed by atoms with van der Waals surface area (Å²) in [6.07, 6.45) is 6.16. The second-order valence-corrected chi connectivity index (χ2v) is 8.31. The van der Waals surface area contributed by atoms with E-state index in [1.54, 1.807) is 6.20 Å². The number of hydrogen-bond donors (Lipinski definition) is 2. The van der Waals surface area contributed by atoms with Crippen LogP contribution in [-0.4, -0.2) is 55.6 Å². The molecule has 3 heterocycles. The van der Waals surface area contributed by atoms with Gasteiger partial charge in [0, 0.05) is 13.0 Å². The fourth-order valence-electron chi connectivity index (χ4n) is 4.10. The van der Waals surface area contributed by atoms with Crippen LogP contribution in [0.2, 0.25) is 0 Å². The van der Waals surface area contributed by atoms with E-state index in [-0.39, 0.29) is 12.1 Å². The van der Waals surface area contributed by atoms with E-state index in [4.69, 9.17) is 10.5 Å². The number of rotatable bonds is 10. The minimum Gasteiger partial charge on any atom is -0.463 e. The van der Waals surface area contributed by atoms with Crippen molar-refractivity contribution in [3.8, 4) is 6.01 Å². The molecule has 1 aliphatic heterocycles. The second-order valence-electron chi connectivity index (χ2n) is 8.31. The molecule has 1 saturated heterocycles. The summed E-state index contributed by atoms with van der Waals surface area (Å²) in [5.41, 5.74) is 9.26. The van der Waals surface area contributed by atoms with Gasteiger partial charge in [0.25, 0.3) is 0 Å². The van der Waals surface area contributed by atoms with E-state index in [2.05, 4.69) is 44.2 Å². The number of nitrogen functional groups attached to an aromatic ring is 1. The van der Waals surface area contributed by atoms with Gasteiger partial charge in [-0.15, -0.1) is 0 Å². The van der Waals surface area contributed by atoms with Crippen LogP contribution in [0.25, 0.3) is 11.0 Å². The predicted octanol–water partition coefficient (Wildman–Crippen LogP) is 2.98. The third-order valence-electron chi connectivity index (χ3n) is 5.74. The molecule has 31 heavy (non-hydrogen) atoms. The highest BCUT2D eigenvalue weighted by Crippen LogP contribution is 2.22. The fourth-order valence-corrected chi connectivity index (χ4v) is 4.10. The van der Waals surface area contributed by atoms with Crippen LogP contribution in [-0.2, 0) is 13.1 Å². The van der Waals surface area contributed by atoms with Crippen LogP contribution in [0.5, 0.6) is 6.01 Å². The van der Waals surface area contributed by atoms with Crippen LogP contribution < -0.4 is 10.5 Å². The molecule has 8 nitrogen and oxygen atoms in total. The Morgan fingerprint density at radius 2 is 1.90 bits per heavy atom. The molecule has 1 aliphatic rings. The van der Waals surface area contributed by atoms with Crippen molar-refractivity contribution < 1.29 is 9.84 Å². The first-order valence-electron chi connectivity index (χ1n) is 11.2. The summed E-state index contributed by atoms with van der Waals surface area (Å²) in [4.78, 5) is 11.3. The van der Waals surface area contributed by atoms with E-state index >= 15 is 0 Å². The molecule has 0 saturated carbocycles. The lowest BCUT2D eigenvalue weighted by Gasteiger charge is -2.15. The predicted molar refractivity (Wildman–Crippen MR) is 121 cm³/mol. The minimum absolute atomic E-state index is 0.221. The van der Waals surface area contributed by atoms with Gasteiger partial charge in [-0.3, -0.25) is 4.90 Å². The Bertz CT molecular complexity index is 999. The van der Waals surface area contributed by atoms with Crippen LogP contribution in [0.4, 0.5) is 5.82 Å². The van der Waals surface area contributed by atoms with Gasteiger partial charge in [-0.05, 0) is 43.5 Å². The Hall–Kier alpha value is -2.71. The summed E-state index contributed by atoms with van der Waals surface area (Å²) in [7, 11) is 0. The van der Waals surface area contributed by atoms with Gasteiger partial charge in [-0.2, -0.15) is 15.1 Å². The average molecular weight is 425 g/mol. The van der Waals surface area contributed by atoms with Gasteiger partial charge in [0.2, 0.25) is 0 Å². The number of aliphatic hydroxyl groups excluding tert-OH is 1. The fraction of sp³-hybridized carbons (Fsp3) is 0.522. The Kier molecular flexibility index (Phi) is 6.99. The SMILES string of the molecule is CCC[C@@H](O)CCOc1nc(N)c2cnn(Cc3cccc(CN4CCCC4)c3)c2n1. The number of aromatic nitrogens is 4. The van der Waals surface area contributed by atoms with Gasteiger partial charge in [0.05, 0.1) is 30.8 Å². The summed E-state index contributed by atoms with van der Waals surface area (Å²) in [5.74, 6) is 0.350. The Balaban J connectivity index is 1.47. The van der Waals surface area contributed by atoms with Crippen molar-refractivity contribution in [1.82, 2.24) is 24.6 Å². The van der Waals surface area contributed by atoms with Crippen molar-refractivity contribution in [2.45, 2.75) is 58.2 Å². The minimum atomic E-state index is -0.371. The van der Waals surface area contributed by atoms with Crippen molar-refractivity contribution in [2.75, 3.05) is 25.4 Å². The zero-order valence-corrected chi connectivity index (χ0v) is 18.2. The lowest BCUT2D eigenvalue weighted by molar-refractivity contribution is 0.127. The number of anilines is 1. The first-order valence-corrected chi connectivity index (χ1v) is 11.2. The Morgan fingerprint density at radius 3 is 2.68 bits per heavy atom. The number of nitrogens with zero attached hydrogens (tertiary/aromatic N) is 5. The largest absolute Gasteiger partial charge is 0.463 e. The van der Waals surface area contributed by atoms with Crippen LogP contribution in [0.1, 0.15) is 50.2 Å². The van der Waals surface area contributed by atoms with Crippen molar-refractivity contribution in [3.05, 3.63) is 41.6 Å². The Morgan fingerprint density at radius 1 is 1.13 bits per heavy atom. The maximum atomic E-state index is 9.88. The average Bonchev–Trinajstić information content (AvgIpc) is 3.39. The normalized spacial score (nSPS) is 15.5. The third kappa shape index (κ3) is 5.51. The first kappa shape index (κ1) is 21.5. The highest BCUT2D eigenvalue weighted by Gasteiger charge is 2.14. The molecule has 2 aromatic heterocycles. The number of ether oxygens (including phenoxy) is 1. The number of nitrogens with two attached hydrogens (primary N) is 1. The monoisotopic (exact) mass is 424 g/mol. The van der Waals surface area contributed by atoms with E-state index < -0.39 is 0 Å². The second kappa shape index (κ2) is 10.1. The topological polar surface area (TPSA) is 102 Å². The van der Waals surface area contributed by atoms with Crippen molar-refractivity contribution >= 4 is 16.9 Å². The van der Waals surface area contributed by atoms with Crippen molar-refractivity contribution in [1.29, 1.82) is 0 Å². The molecule has 8 heteroatoms. The third-order valence-corrected chi connectivity index (χ3v) is 5.74. The molecule has 3 N–H and O–H groups in total. The van der Waals surface area contributed by atoms with Crippen LogP contribution in [0, 0.1) is 0 Å². The van der Waals surface area contributed by atoms with Crippen LogP contribution in [0.3, 0.4) is 0 Å². The lowest BCUT2D eigenvalue weighted by Crippen LogP contribution is -2.18. The summed E-state index contributed by atoms with van der Waals surface area (Å²) in [5, 5.41) is 15.1. The highest BCUT2D eigenvalue weighted by atomic mass is 16.5. The van der Waals surface area contributed by atoms with Gasteiger partial charge in [-0.1, -0.05) is 37.6 Å². The van der Waals surface area contributed by atoms with Gasteiger partial charge < -0.3 is 15.6 Å². The lowest BCUT2D eigenvalue weighted by atomic mass is 10.1. The van der Waals surface area contributed by atoms with Gasteiger partial charge in [-0.25, -0.2) is 4.68 Å². The molecule has 0 aliphatic carbocycles. The molecule has 166 valence electrons. The molecule has 4 rings (SSSR count). The standard InChI is InChI=1S/C23H32N6O2/c1-2-6-19(30)9-12-31-23-26-21(24)20-14-25-29(22(20)27-23)16-18-8-5-7-17(13-18)15-28-10-3-4-11-28/h5,7-8,13-14,19,30H,2-4,6,9-12,15-16H2,1H3,(H2,24,26,27)/t19-/m1/s1. The van der Waals surface area contributed by atoms with Gasteiger partial charge in [0.15, 0.2) is 5.65 Å². The molecule has 0 radical (unpaired) electrons. The molecular formula is C23H32N6O2. The van der Waals surface area contributed by atoms with Crippen LogP contribution in [0.15, 0.2) is 30.5 Å². The van der Waals surface area contributed by atoms with E-state index in [1.165, 1.54) is 37.1 Å². The molecule has 1 fully saturated rings. The number of aliphatic hydroxyl groups is 1. The maximum Gasteiger partial charge on any atom is 0.320 e. The molecule has 0 spiro atoms. The van der Waals surface area contributed by atoms with E-state index in [0.29, 0.717) is 36.4 Å². The van der Waals surface area contributed by atoms with Crippen LogP contribution >= 0.6 is 0 Å². The van der Waals surface area contributed by atoms with E-state index in [0.717, 1.165) is 19.4 Å². The molecule has 1 atom stereocenters. The number of fused-ring (bicyclic) bond motifs is 1. The maximum absolute atomic E-state index is 9.88. The smallest absolute Gasteiger partial charge is 0.320 e. The van der Waals surface area contributed by atoms with E-state index in [9.17, 15) is 5.11 Å². The van der Waals surface area contributed by atoms with Gasteiger partial charge >= 0.3 is 6.01 Å². The number of hydrogen-bond acceptors (Lipinski definition) is 7. The summed E-state index contributed by atoms with van der Waals surface area (Å²) < 4.78 is 7.51. The molecule has 3 aromatic rings. The molecule has 0 unspecified atom stereocenters. The Labute approximate surface area is 183 Å². The van der Waals surface area contributed by atoms with Crippen molar-refractivity contribution in [2.24, 2.45) is 0 Å². The summed E-state index contributed by atoms with van der Waals surface area (Å²) >= 11 is 0. The highest BCUT2D eigenvalue weighted by molar-refractivity contribution is 5.85. The number of likely N-dealkylation sites (tertiary alicyclic amines) is 1. The number of benzene rings is 1. The zero-order chi connectivity index (χ0) is 21.6. The molecule has 0 bridgehead atoms. The zero-order valence-electron chi connectivity index (χ0n) is 18.2. The molecular weight excluding hydrogens is 392 g/mol. The van der Waals surface area contributed by atoms with E-state index in [1.807, 2.05) is 11.6 Å². The molecule has 1 aromatic carbocycles. The summed E-state index contributed by atoms with van der Waals surface area (Å²) in [6.45, 7) is 6.35. The molecule has 0 amide bonds. The van der Waals surface area contributed by atoms with Gasteiger partial charge in [0.1, 0.15) is 5.82 Å². The quantitative estimate of drug-likeness (QED) is 0.516. The summed E-state index contributed by atoms with van der Waals surface area (Å²) in [6, 6.07) is 8.85. The first-order chi connectivity index (χ1) is 15.1. The van der Waals surface area contributed by atoms with Crippen molar-refractivity contribution in [3.63, 3.8) is 0 Å².